The molecule has 1 unspecified atom stereocenters. The van der Waals surface area contributed by atoms with Gasteiger partial charge in [-0.05, 0) is 44.2 Å². The van der Waals surface area contributed by atoms with Gasteiger partial charge in [0.25, 0.3) is 5.91 Å². The summed E-state index contributed by atoms with van der Waals surface area (Å²) in [7, 11) is 0. The molecule has 5 heteroatoms. The predicted molar refractivity (Wildman–Crippen MR) is 81.4 cm³/mol. The third kappa shape index (κ3) is 5.33. The van der Waals surface area contributed by atoms with E-state index in [1.165, 1.54) is 16.2 Å². The lowest BCUT2D eigenvalue weighted by Gasteiger charge is -2.13. The first-order valence-corrected chi connectivity index (χ1v) is 7.82. The zero-order valence-electron chi connectivity index (χ0n) is 12.4. The first-order valence-electron chi connectivity index (χ1n) is 7.01. The second kappa shape index (κ2) is 8.04. The number of carboxylic acids is 1. The van der Waals surface area contributed by atoms with Crippen molar-refractivity contribution in [1.82, 2.24) is 5.32 Å². The molecule has 0 fully saturated rings. The largest absolute Gasteiger partial charge is 0.481 e. The van der Waals surface area contributed by atoms with E-state index >= 15 is 0 Å². The van der Waals surface area contributed by atoms with Crippen LogP contribution in [-0.4, -0.2) is 23.5 Å². The molecular weight excluding hydrogens is 274 g/mol. The van der Waals surface area contributed by atoms with Gasteiger partial charge in [0.1, 0.15) is 0 Å². The van der Waals surface area contributed by atoms with Gasteiger partial charge < -0.3 is 10.4 Å². The second-order valence-electron chi connectivity index (χ2n) is 5.10. The highest BCUT2D eigenvalue weighted by atomic mass is 32.1. The maximum atomic E-state index is 12.0. The van der Waals surface area contributed by atoms with Gasteiger partial charge in [-0.2, -0.15) is 0 Å². The van der Waals surface area contributed by atoms with E-state index < -0.39 is 5.97 Å². The summed E-state index contributed by atoms with van der Waals surface area (Å²) in [4.78, 5) is 24.4. The molecule has 0 aliphatic carbocycles. The van der Waals surface area contributed by atoms with Crippen LogP contribution in [-0.2, 0) is 4.79 Å². The molecule has 0 aromatic carbocycles. The van der Waals surface area contributed by atoms with Crippen LogP contribution in [0.4, 0.5) is 0 Å². The fraction of sp³-hybridized carbons (Fsp3) is 0.600. The number of amides is 1. The Morgan fingerprint density at radius 2 is 2.05 bits per heavy atom. The van der Waals surface area contributed by atoms with Crippen molar-refractivity contribution in [2.24, 2.45) is 5.92 Å². The quantitative estimate of drug-likeness (QED) is 0.773. The lowest BCUT2D eigenvalue weighted by Crippen LogP contribution is -2.25. The van der Waals surface area contributed by atoms with E-state index in [2.05, 4.69) is 12.2 Å². The molecule has 0 spiro atoms. The van der Waals surface area contributed by atoms with Crippen LogP contribution in [0.1, 0.15) is 52.7 Å². The number of nitrogens with one attached hydrogen (secondary N) is 1. The number of carbonyl (C=O) groups excluding carboxylic acids is 1. The summed E-state index contributed by atoms with van der Waals surface area (Å²) in [6, 6.07) is 1.91. The molecule has 4 nitrogen and oxygen atoms in total. The summed E-state index contributed by atoms with van der Waals surface area (Å²) in [5.41, 5.74) is 1.15. The Hall–Kier alpha value is -1.36. The second-order valence-corrected chi connectivity index (χ2v) is 6.36. The molecule has 0 radical (unpaired) electrons. The van der Waals surface area contributed by atoms with E-state index in [1.54, 1.807) is 0 Å². The highest BCUT2D eigenvalue weighted by Crippen LogP contribution is 2.20. The van der Waals surface area contributed by atoms with Gasteiger partial charge in [0.15, 0.2) is 0 Å². The molecule has 0 bridgehead atoms. The molecule has 0 saturated heterocycles. The minimum atomic E-state index is -0.753. The number of carbonyl (C=O) groups is 2. The predicted octanol–water partition coefficient (Wildman–Crippen LogP) is 3.38. The van der Waals surface area contributed by atoms with Crippen molar-refractivity contribution >= 4 is 23.2 Å². The van der Waals surface area contributed by atoms with Crippen molar-refractivity contribution in [3.05, 3.63) is 21.4 Å². The monoisotopic (exact) mass is 297 g/mol. The number of carboxylic acid groups (broad SMARTS) is 1. The molecule has 1 atom stereocenters. The van der Waals surface area contributed by atoms with Crippen molar-refractivity contribution < 1.29 is 14.7 Å². The Morgan fingerprint density at radius 1 is 1.35 bits per heavy atom. The average Bonchev–Trinajstić information content (AvgIpc) is 2.73. The molecule has 0 aliphatic heterocycles. The SMILES string of the molecule is CCC(CCNC(=O)c1cc(C)c(C)s1)CCC(=O)O. The van der Waals surface area contributed by atoms with Gasteiger partial charge in [0.2, 0.25) is 0 Å². The number of hydrogen-bond donors (Lipinski definition) is 2. The van der Waals surface area contributed by atoms with Gasteiger partial charge in [0.05, 0.1) is 4.88 Å². The Labute approximate surface area is 124 Å². The van der Waals surface area contributed by atoms with E-state index in [0.717, 1.165) is 23.3 Å². The Balaban J connectivity index is 2.35. The normalized spacial score (nSPS) is 12.2. The van der Waals surface area contributed by atoms with E-state index in [0.29, 0.717) is 18.9 Å². The van der Waals surface area contributed by atoms with Crippen molar-refractivity contribution in [1.29, 1.82) is 0 Å². The van der Waals surface area contributed by atoms with Crippen LogP contribution in [0.2, 0.25) is 0 Å². The Kier molecular flexibility index (Phi) is 6.71. The zero-order valence-corrected chi connectivity index (χ0v) is 13.2. The van der Waals surface area contributed by atoms with Crippen molar-refractivity contribution in [2.45, 2.75) is 46.5 Å². The third-order valence-corrected chi connectivity index (χ3v) is 4.72. The van der Waals surface area contributed by atoms with E-state index in [9.17, 15) is 9.59 Å². The van der Waals surface area contributed by atoms with Crippen molar-refractivity contribution in [2.75, 3.05) is 6.54 Å². The zero-order chi connectivity index (χ0) is 15.1. The smallest absolute Gasteiger partial charge is 0.303 e. The van der Waals surface area contributed by atoms with Crippen molar-refractivity contribution in [3.8, 4) is 0 Å². The summed E-state index contributed by atoms with van der Waals surface area (Å²) in [5, 5.41) is 11.6. The highest BCUT2D eigenvalue weighted by molar-refractivity contribution is 7.14. The fourth-order valence-electron chi connectivity index (χ4n) is 2.04. The van der Waals surface area contributed by atoms with E-state index in [-0.39, 0.29) is 12.3 Å². The van der Waals surface area contributed by atoms with Crippen molar-refractivity contribution in [3.63, 3.8) is 0 Å². The number of rotatable bonds is 8. The molecule has 0 saturated carbocycles. The maximum absolute atomic E-state index is 12.0. The minimum Gasteiger partial charge on any atom is -0.481 e. The summed E-state index contributed by atoms with van der Waals surface area (Å²) in [6.45, 7) is 6.67. The molecule has 2 N–H and O–H groups in total. The maximum Gasteiger partial charge on any atom is 0.303 e. The van der Waals surface area contributed by atoms with Gasteiger partial charge in [-0.3, -0.25) is 9.59 Å². The van der Waals surface area contributed by atoms with Crippen LogP contribution < -0.4 is 5.32 Å². The Morgan fingerprint density at radius 3 is 2.55 bits per heavy atom. The number of hydrogen-bond acceptors (Lipinski definition) is 3. The fourth-order valence-corrected chi connectivity index (χ4v) is 2.99. The molecule has 1 aromatic heterocycles. The van der Waals surface area contributed by atoms with Crippen LogP contribution in [0.5, 0.6) is 0 Å². The molecule has 1 aromatic rings. The van der Waals surface area contributed by atoms with E-state index in [1.807, 2.05) is 19.9 Å². The Bertz CT molecular complexity index is 448. The third-order valence-electron chi connectivity index (χ3n) is 3.57. The molecular formula is C15H23NO3S. The lowest BCUT2D eigenvalue weighted by atomic mass is 9.97. The van der Waals surface area contributed by atoms with Gasteiger partial charge in [-0.25, -0.2) is 0 Å². The summed E-state index contributed by atoms with van der Waals surface area (Å²) >= 11 is 1.51. The number of thiophene rings is 1. The molecule has 20 heavy (non-hydrogen) atoms. The first-order chi connectivity index (χ1) is 9.43. The number of aryl methyl sites for hydroxylation is 2. The molecule has 1 heterocycles. The first kappa shape index (κ1) is 16.7. The molecule has 0 aliphatic rings. The summed E-state index contributed by atoms with van der Waals surface area (Å²) < 4.78 is 0. The van der Waals surface area contributed by atoms with Gasteiger partial charge in [-0.1, -0.05) is 13.3 Å². The molecule has 1 amide bonds. The summed E-state index contributed by atoms with van der Waals surface area (Å²) in [5.74, 6) is -0.422. The summed E-state index contributed by atoms with van der Waals surface area (Å²) in [6.07, 6.45) is 2.66. The average molecular weight is 297 g/mol. The molecule has 112 valence electrons. The van der Waals surface area contributed by atoms with Crippen LogP contribution in [0, 0.1) is 19.8 Å². The van der Waals surface area contributed by atoms with Gasteiger partial charge in [0, 0.05) is 17.8 Å². The van der Waals surface area contributed by atoms with Crippen LogP contribution >= 0.6 is 11.3 Å². The minimum absolute atomic E-state index is 0.0284. The van der Waals surface area contributed by atoms with Crippen LogP contribution in [0.3, 0.4) is 0 Å². The van der Waals surface area contributed by atoms with Crippen LogP contribution in [0.25, 0.3) is 0 Å². The molecule has 1 rings (SSSR count). The highest BCUT2D eigenvalue weighted by Gasteiger charge is 2.12. The topological polar surface area (TPSA) is 66.4 Å². The van der Waals surface area contributed by atoms with E-state index in [4.69, 9.17) is 5.11 Å². The lowest BCUT2D eigenvalue weighted by molar-refractivity contribution is -0.137. The standard InChI is InChI=1S/C15H23NO3S/c1-4-12(5-6-14(17)18)7-8-16-15(19)13-9-10(2)11(3)20-13/h9,12H,4-8H2,1-3H3,(H,16,19)(H,17,18). The van der Waals surface area contributed by atoms with Crippen LogP contribution in [0.15, 0.2) is 6.07 Å². The number of aliphatic carboxylic acids is 1. The van der Waals surface area contributed by atoms with Gasteiger partial charge in [-0.15, -0.1) is 11.3 Å². The van der Waals surface area contributed by atoms with Gasteiger partial charge >= 0.3 is 5.97 Å².